The number of fused-ring (bicyclic) bond motifs is 1. The summed E-state index contributed by atoms with van der Waals surface area (Å²) < 4.78 is 0. The highest BCUT2D eigenvalue weighted by molar-refractivity contribution is 6.06. The first-order valence-electron chi connectivity index (χ1n) is 10.5. The third-order valence-electron chi connectivity index (χ3n) is 6.19. The van der Waals surface area contributed by atoms with E-state index in [-0.39, 0.29) is 23.8 Å². The molecular weight excluding hydrogens is 376 g/mol. The SMILES string of the molecule is O=C(c1c[nH]c2ccccc12)N1CCC(C(=O)N2N=CCC2c2ccccc2)CC1. The van der Waals surface area contributed by atoms with Crippen LogP contribution in [-0.4, -0.2) is 46.0 Å². The molecule has 1 aromatic heterocycles. The highest BCUT2D eigenvalue weighted by Crippen LogP contribution is 2.32. The Morgan fingerprint density at radius 3 is 2.50 bits per heavy atom. The molecule has 3 heterocycles. The number of rotatable bonds is 3. The van der Waals surface area contributed by atoms with Crippen LogP contribution in [0.4, 0.5) is 0 Å². The Balaban J connectivity index is 1.25. The zero-order valence-electron chi connectivity index (χ0n) is 16.7. The normalized spacial score (nSPS) is 19.5. The van der Waals surface area contributed by atoms with E-state index in [4.69, 9.17) is 0 Å². The zero-order chi connectivity index (χ0) is 20.5. The summed E-state index contributed by atoms with van der Waals surface area (Å²) in [6, 6.07) is 17.9. The molecule has 2 aromatic carbocycles. The van der Waals surface area contributed by atoms with Crippen molar-refractivity contribution in [3.8, 4) is 0 Å². The largest absolute Gasteiger partial charge is 0.360 e. The van der Waals surface area contributed by atoms with Gasteiger partial charge in [-0.3, -0.25) is 9.59 Å². The lowest BCUT2D eigenvalue weighted by Gasteiger charge is -2.33. The number of hydrogen-bond donors (Lipinski definition) is 1. The van der Waals surface area contributed by atoms with Crippen LogP contribution < -0.4 is 0 Å². The number of carbonyl (C=O) groups is 2. The maximum Gasteiger partial charge on any atom is 0.256 e. The van der Waals surface area contributed by atoms with Gasteiger partial charge in [-0.1, -0.05) is 48.5 Å². The number of hydrogen-bond acceptors (Lipinski definition) is 3. The van der Waals surface area contributed by atoms with Crippen molar-refractivity contribution in [1.29, 1.82) is 0 Å². The van der Waals surface area contributed by atoms with E-state index in [1.807, 2.05) is 65.7 Å². The molecule has 30 heavy (non-hydrogen) atoms. The predicted molar refractivity (Wildman–Crippen MR) is 116 cm³/mol. The summed E-state index contributed by atoms with van der Waals surface area (Å²) in [4.78, 5) is 31.2. The van der Waals surface area contributed by atoms with Gasteiger partial charge in [0.2, 0.25) is 5.91 Å². The Labute approximate surface area is 175 Å². The molecule has 5 rings (SSSR count). The van der Waals surface area contributed by atoms with Crippen molar-refractivity contribution in [2.75, 3.05) is 13.1 Å². The number of carbonyl (C=O) groups excluding carboxylic acids is 2. The molecule has 1 N–H and O–H groups in total. The molecule has 1 saturated heterocycles. The standard InChI is InChI=1S/C24H24N4O2/c29-23(28-22(10-13-26-28)17-6-2-1-3-7-17)18-11-14-27(15-12-18)24(30)20-16-25-21-9-5-4-8-19(20)21/h1-9,13,16,18,22,25H,10-12,14-15H2. The van der Waals surface area contributed by atoms with E-state index in [1.54, 1.807) is 11.2 Å². The average Bonchev–Trinajstić information content (AvgIpc) is 3.46. The van der Waals surface area contributed by atoms with Crippen molar-refractivity contribution in [3.63, 3.8) is 0 Å². The fourth-order valence-electron chi connectivity index (χ4n) is 4.51. The minimum Gasteiger partial charge on any atom is -0.360 e. The van der Waals surface area contributed by atoms with E-state index in [9.17, 15) is 9.59 Å². The van der Waals surface area contributed by atoms with Crippen LogP contribution >= 0.6 is 0 Å². The molecule has 3 aromatic rings. The van der Waals surface area contributed by atoms with E-state index in [0.29, 0.717) is 31.5 Å². The van der Waals surface area contributed by atoms with Gasteiger partial charge in [-0.15, -0.1) is 0 Å². The number of para-hydroxylation sites is 1. The number of likely N-dealkylation sites (tertiary alicyclic amines) is 1. The van der Waals surface area contributed by atoms with Gasteiger partial charge in [0.1, 0.15) is 0 Å². The molecule has 1 fully saturated rings. The maximum absolute atomic E-state index is 13.2. The Morgan fingerprint density at radius 2 is 1.70 bits per heavy atom. The predicted octanol–water partition coefficient (Wildman–Crippen LogP) is 3.98. The van der Waals surface area contributed by atoms with Crippen LogP contribution in [0.3, 0.4) is 0 Å². The number of amides is 2. The van der Waals surface area contributed by atoms with Crippen LogP contribution in [-0.2, 0) is 4.79 Å². The van der Waals surface area contributed by atoms with Gasteiger partial charge in [0.15, 0.2) is 0 Å². The van der Waals surface area contributed by atoms with Crippen LogP contribution in [0.2, 0.25) is 0 Å². The molecule has 2 amide bonds. The van der Waals surface area contributed by atoms with Crippen LogP contribution in [0, 0.1) is 5.92 Å². The molecule has 0 spiro atoms. The molecule has 1 atom stereocenters. The number of H-pyrrole nitrogens is 1. The van der Waals surface area contributed by atoms with Crippen LogP contribution in [0.5, 0.6) is 0 Å². The molecule has 6 nitrogen and oxygen atoms in total. The Hall–Kier alpha value is -3.41. The number of nitrogens with zero attached hydrogens (tertiary/aromatic N) is 3. The molecule has 0 radical (unpaired) electrons. The van der Waals surface area contributed by atoms with E-state index < -0.39 is 0 Å². The van der Waals surface area contributed by atoms with Crippen LogP contribution in [0.1, 0.15) is 41.2 Å². The monoisotopic (exact) mass is 400 g/mol. The van der Waals surface area contributed by atoms with Gasteiger partial charge in [-0.2, -0.15) is 5.10 Å². The summed E-state index contributed by atoms with van der Waals surface area (Å²) in [6.45, 7) is 1.17. The molecule has 6 heteroatoms. The quantitative estimate of drug-likeness (QED) is 0.723. The number of aromatic amines is 1. The lowest BCUT2D eigenvalue weighted by molar-refractivity contribution is -0.138. The van der Waals surface area contributed by atoms with Gasteiger partial charge in [-0.05, 0) is 24.5 Å². The number of hydrazone groups is 1. The van der Waals surface area contributed by atoms with Gasteiger partial charge < -0.3 is 9.88 Å². The maximum atomic E-state index is 13.2. The van der Waals surface area contributed by atoms with E-state index >= 15 is 0 Å². The topological polar surface area (TPSA) is 68.8 Å². The number of piperidine rings is 1. The molecule has 0 aliphatic carbocycles. The number of aromatic nitrogens is 1. The second-order valence-corrected chi connectivity index (χ2v) is 7.96. The fourth-order valence-corrected chi connectivity index (χ4v) is 4.51. The zero-order valence-corrected chi connectivity index (χ0v) is 16.7. The Kier molecular flexibility index (Phi) is 4.83. The molecule has 152 valence electrons. The summed E-state index contributed by atoms with van der Waals surface area (Å²) >= 11 is 0. The van der Waals surface area contributed by atoms with Crippen molar-refractivity contribution in [2.24, 2.45) is 11.0 Å². The van der Waals surface area contributed by atoms with Crippen LogP contribution in [0.15, 0.2) is 65.9 Å². The number of benzene rings is 2. The third-order valence-corrected chi connectivity index (χ3v) is 6.19. The first-order chi connectivity index (χ1) is 14.7. The Morgan fingerprint density at radius 1 is 0.967 bits per heavy atom. The third kappa shape index (κ3) is 3.28. The van der Waals surface area contributed by atoms with Crippen molar-refractivity contribution < 1.29 is 9.59 Å². The van der Waals surface area contributed by atoms with Gasteiger partial charge in [0.05, 0.1) is 11.6 Å². The second kappa shape index (κ2) is 7.78. The smallest absolute Gasteiger partial charge is 0.256 e. The van der Waals surface area contributed by atoms with Gasteiger partial charge >= 0.3 is 0 Å². The van der Waals surface area contributed by atoms with Crippen molar-refractivity contribution >= 4 is 28.9 Å². The first-order valence-corrected chi connectivity index (χ1v) is 10.5. The van der Waals surface area contributed by atoms with Gasteiger partial charge in [-0.25, -0.2) is 5.01 Å². The summed E-state index contributed by atoms with van der Waals surface area (Å²) in [5, 5.41) is 6.96. The van der Waals surface area contributed by atoms with E-state index in [0.717, 1.165) is 22.9 Å². The van der Waals surface area contributed by atoms with E-state index in [2.05, 4.69) is 10.1 Å². The summed E-state index contributed by atoms with van der Waals surface area (Å²) in [5.41, 5.74) is 2.77. The molecular formula is C24H24N4O2. The molecule has 0 bridgehead atoms. The summed E-state index contributed by atoms with van der Waals surface area (Å²) in [5.74, 6) is -0.00465. The average molecular weight is 400 g/mol. The molecule has 0 saturated carbocycles. The highest BCUT2D eigenvalue weighted by Gasteiger charge is 2.35. The highest BCUT2D eigenvalue weighted by atomic mass is 16.2. The lowest BCUT2D eigenvalue weighted by Crippen LogP contribution is -2.43. The van der Waals surface area contributed by atoms with Crippen molar-refractivity contribution in [3.05, 3.63) is 71.9 Å². The van der Waals surface area contributed by atoms with Gasteiger partial charge in [0.25, 0.3) is 5.91 Å². The van der Waals surface area contributed by atoms with Crippen LogP contribution in [0.25, 0.3) is 10.9 Å². The molecule has 2 aliphatic heterocycles. The second-order valence-electron chi connectivity index (χ2n) is 7.96. The first kappa shape index (κ1) is 18.6. The minimum absolute atomic E-state index is 0.0235. The van der Waals surface area contributed by atoms with E-state index in [1.165, 1.54) is 0 Å². The summed E-state index contributed by atoms with van der Waals surface area (Å²) in [6.07, 6.45) is 5.69. The van der Waals surface area contributed by atoms with Crippen molar-refractivity contribution in [1.82, 2.24) is 14.9 Å². The molecule has 2 aliphatic rings. The summed E-state index contributed by atoms with van der Waals surface area (Å²) in [7, 11) is 0. The minimum atomic E-state index is -0.0986. The fraction of sp³-hybridized carbons (Fsp3) is 0.292. The van der Waals surface area contributed by atoms with Gasteiger partial charge in [0, 0.05) is 48.7 Å². The van der Waals surface area contributed by atoms with Crippen molar-refractivity contribution in [2.45, 2.75) is 25.3 Å². The number of nitrogens with one attached hydrogen (secondary N) is 1. The lowest BCUT2D eigenvalue weighted by atomic mass is 9.94. The Bertz CT molecular complexity index is 1100. The molecule has 1 unspecified atom stereocenters.